The van der Waals surface area contributed by atoms with Gasteiger partial charge < -0.3 is 10.2 Å². The minimum absolute atomic E-state index is 0.0236. The van der Waals surface area contributed by atoms with Crippen LogP contribution >= 0.6 is 0 Å². The van der Waals surface area contributed by atoms with Gasteiger partial charge in [-0.25, -0.2) is 16.8 Å². The summed E-state index contributed by atoms with van der Waals surface area (Å²) in [6, 6.07) is 0. The molecule has 62 heavy (non-hydrogen) atoms. The average molecular weight is 899 g/mol. The molecular formula is C52H76F2O6S2. The highest BCUT2D eigenvalue weighted by molar-refractivity contribution is 7.92. The van der Waals surface area contributed by atoms with E-state index in [-0.39, 0.29) is 34.9 Å². The van der Waals surface area contributed by atoms with Gasteiger partial charge in [0.25, 0.3) is 0 Å². The summed E-state index contributed by atoms with van der Waals surface area (Å²) < 4.78 is 74.2. The molecule has 0 bridgehead atoms. The van der Waals surface area contributed by atoms with Gasteiger partial charge in [0.05, 0.1) is 17.0 Å². The standard InChI is InChI=1S/C27H40O3S.C25H36F2O3S/c1-19-7-10-23(28)18-22(19)9-8-21-6-5-14-26(3)24(11-12-25(21)26)20(2)13-15-27(16-17-27)31(4,29)30;1-17-7-10-21(28)16-20(17)9-8-19-6-5-14-24(3)22(11-12-23(19)24)18(2)13-15-25(26,27)31(4,29)30/h8-9,13,15,20,23-25,28H,1,5-7,10-12,14,16-18H2,2-4H3;8-9,13,15,18,21-23,28H,1,5-7,10-12,14,16H2,2-4H3/b15-13+,21-8+,22-9-;15-13+,19-8+,20-9-/t20?,23-,24?,25-,26+;18?,21-,22?,23-,24+/m00/s1. The van der Waals surface area contributed by atoms with Gasteiger partial charge in [-0.1, -0.05) is 106 Å². The van der Waals surface area contributed by atoms with E-state index < -0.39 is 29.7 Å². The fourth-order valence-corrected chi connectivity index (χ4v) is 14.3. The van der Waals surface area contributed by atoms with Gasteiger partial charge in [-0.3, -0.25) is 0 Å². The van der Waals surface area contributed by atoms with Crippen LogP contribution in [0.25, 0.3) is 0 Å². The molecule has 10 atom stereocenters. The lowest BCUT2D eigenvalue weighted by atomic mass is 9.61. The summed E-state index contributed by atoms with van der Waals surface area (Å²) in [5.41, 5.74) is 7.94. The van der Waals surface area contributed by atoms with Gasteiger partial charge in [0.2, 0.25) is 9.84 Å². The van der Waals surface area contributed by atoms with Gasteiger partial charge in [0.1, 0.15) is 0 Å². The van der Waals surface area contributed by atoms with Gasteiger partial charge >= 0.3 is 5.25 Å². The van der Waals surface area contributed by atoms with E-state index in [2.05, 4.69) is 64.3 Å². The Kier molecular flexibility index (Phi) is 14.9. The van der Waals surface area contributed by atoms with Crippen molar-refractivity contribution in [3.05, 3.63) is 95.2 Å². The molecule has 0 heterocycles. The van der Waals surface area contributed by atoms with E-state index in [1.807, 2.05) is 13.0 Å². The van der Waals surface area contributed by atoms with Crippen molar-refractivity contribution >= 4 is 19.7 Å². The molecule has 7 saturated carbocycles. The largest absolute Gasteiger partial charge is 0.393 e. The van der Waals surface area contributed by atoms with Gasteiger partial charge in [0, 0.05) is 12.5 Å². The first-order valence-corrected chi connectivity index (χ1v) is 27.4. The highest BCUT2D eigenvalue weighted by Gasteiger charge is 2.53. The molecule has 7 fully saturated rings. The molecule has 0 aromatic carbocycles. The van der Waals surface area contributed by atoms with Gasteiger partial charge in [-0.2, -0.15) is 8.78 Å². The third-order valence-electron chi connectivity index (χ3n) is 17.0. The van der Waals surface area contributed by atoms with Crippen LogP contribution in [0.2, 0.25) is 0 Å². The molecule has 6 nitrogen and oxygen atoms in total. The maximum absolute atomic E-state index is 13.9. The van der Waals surface area contributed by atoms with Crippen molar-refractivity contribution in [1.29, 1.82) is 0 Å². The second-order valence-corrected chi connectivity index (χ2v) is 25.6. The highest BCUT2D eigenvalue weighted by Crippen LogP contribution is 2.61. The van der Waals surface area contributed by atoms with Crippen LogP contribution in [0.5, 0.6) is 0 Å². The summed E-state index contributed by atoms with van der Waals surface area (Å²) in [5.74, 6) is 2.16. The number of allylic oxidation sites excluding steroid dienone is 10. The van der Waals surface area contributed by atoms with Crippen molar-refractivity contribution < 1.29 is 35.8 Å². The Bertz CT molecular complexity index is 1980. The van der Waals surface area contributed by atoms with Crippen molar-refractivity contribution in [2.75, 3.05) is 12.5 Å². The molecule has 7 aliphatic rings. The Hall–Kier alpha value is -2.40. The maximum atomic E-state index is 13.9. The SMILES string of the molecule is C=C1CC[C@H](O)C/C1=C/C=C1\CCC[C@]2(C)C(C(C)/C=C/C(F)(F)S(C)(=O)=O)CC[C@@H]12.C=C1CC[C@H](O)C/C1=C/C=C1\CCC[C@]2(C)C(C(C)/C=C/C3(S(C)(=O)=O)CC3)CC[C@@H]12. The molecule has 0 saturated heterocycles. The number of hydrogen-bond donors (Lipinski definition) is 2. The molecule has 7 aliphatic carbocycles. The predicted molar refractivity (Wildman–Crippen MR) is 250 cm³/mol. The molecule has 4 unspecified atom stereocenters. The highest BCUT2D eigenvalue weighted by atomic mass is 32.2. The zero-order chi connectivity index (χ0) is 45.5. The Morgan fingerprint density at radius 3 is 1.50 bits per heavy atom. The van der Waals surface area contributed by atoms with Crippen LogP contribution in [0.3, 0.4) is 0 Å². The summed E-state index contributed by atoms with van der Waals surface area (Å²) in [5, 5.41) is 16.2. The van der Waals surface area contributed by atoms with Crippen molar-refractivity contribution in [3.8, 4) is 0 Å². The number of aliphatic hydroxyl groups excluding tert-OH is 2. The topological polar surface area (TPSA) is 109 Å². The zero-order valence-corrected chi connectivity index (χ0v) is 40.1. The third kappa shape index (κ3) is 10.5. The van der Waals surface area contributed by atoms with Crippen LogP contribution in [-0.4, -0.2) is 61.8 Å². The lowest BCUT2D eigenvalue weighted by Gasteiger charge is -2.44. The van der Waals surface area contributed by atoms with E-state index in [1.54, 1.807) is 5.57 Å². The van der Waals surface area contributed by atoms with Gasteiger partial charge in [-0.05, 0) is 179 Å². The van der Waals surface area contributed by atoms with E-state index in [0.29, 0.717) is 42.4 Å². The minimum atomic E-state index is -4.46. The Morgan fingerprint density at radius 2 is 1.10 bits per heavy atom. The zero-order valence-electron chi connectivity index (χ0n) is 38.5. The number of hydrogen-bond acceptors (Lipinski definition) is 6. The summed E-state index contributed by atoms with van der Waals surface area (Å²) in [6.45, 7) is 17.3. The molecule has 2 N–H and O–H groups in total. The Labute approximate surface area is 373 Å². The molecule has 0 aliphatic heterocycles. The molecule has 0 aromatic rings. The van der Waals surface area contributed by atoms with Crippen LogP contribution in [0.4, 0.5) is 8.78 Å². The molecule has 10 heteroatoms. The second kappa shape index (κ2) is 18.8. The van der Waals surface area contributed by atoms with Crippen LogP contribution in [0.15, 0.2) is 95.2 Å². The first-order chi connectivity index (χ1) is 28.9. The quantitative estimate of drug-likeness (QED) is 0.211. The Morgan fingerprint density at radius 1 is 0.661 bits per heavy atom. The molecule has 7 rings (SSSR count). The average Bonchev–Trinajstić information content (AvgIpc) is 3.81. The van der Waals surface area contributed by atoms with E-state index in [4.69, 9.17) is 0 Å². The first kappa shape index (κ1) is 49.0. The lowest BCUT2D eigenvalue weighted by molar-refractivity contribution is 0.110. The monoisotopic (exact) mass is 899 g/mol. The van der Waals surface area contributed by atoms with Gasteiger partial charge in [-0.15, -0.1) is 0 Å². The molecule has 0 spiro atoms. The fraction of sp³-hybridized carbons (Fsp3) is 0.692. The van der Waals surface area contributed by atoms with Crippen LogP contribution in [0.1, 0.15) is 143 Å². The summed E-state index contributed by atoms with van der Waals surface area (Å²) in [7, 11) is -7.47. The predicted octanol–water partition coefficient (Wildman–Crippen LogP) is 11.9. The number of rotatable bonds is 10. The van der Waals surface area contributed by atoms with Crippen LogP contribution < -0.4 is 0 Å². The van der Waals surface area contributed by atoms with Crippen LogP contribution in [0, 0.1) is 46.3 Å². The fourth-order valence-electron chi connectivity index (χ4n) is 12.8. The smallest absolute Gasteiger partial charge is 0.363 e. The van der Waals surface area contributed by atoms with Gasteiger partial charge in [0.15, 0.2) is 9.84 Å². The Balaban J connectivity index is 0.000000207. The maximum Gasteiger partial charge on any atom is 0.363 e. The van der Waals surface area contributed by atoms with E-state index >= 15 is 0 Å². The number of halogens is 2. The molecule has 0 radical (unpaired) electrons. The number of alkyl halides is 2. The number of aliphatic hydroxyl groups is 2. The molecule has 346 valence electrons. The summed E-state index contributed by atoms with van der Waals surface area (Å²) >= 11 is 0. The lowest BCUT2D eigenvalue weighted by Crippen LogP contribution is -2.35. The van der Waals surface area contributed by atoms with Crippen molar-refractivity contribution in [2.45, 2.75) is 165 Å². The summed E-state index contributed by atoms with van der Waals surface area (Å²) in [6.07, 6.45) is 34.2. The van der Waals surface area contributed by atoms with Crippen molar-refractivity contribution in [1.82, 2.24) is 0 Å². The first-order valence-electron chi connectivity index (χ1n) is 23.6. The normalized spacial score (nSPS) is 37.8. The van der Waals surface area contributed by atoms with Crippen molar-refractivity contribution in [3.63, 3.8) is 0 Å². The summed E-state index contributed by atoms with van der Waals surface area (Å²) in [4.78, 5) is 0. The molecule has 0 aromatic heterocycles. The second-order valence-electron chi connectivity index (χ2n) is 21.2. The molecule has 0 amide bonds. The number of fused-ring (bicyclic) bond motifs is 2. The molecular weight excluding hydrogens is 823 g/mol. The third-order valence-corrected chi connectivity index (χ3v) is 20.1. The van der Waals surface area contributed by atoms with Crippen LogP contribution in [-0.2, 0) is 19.7 Å². The number of sulfone groups is 2. The van der Waals surface area contributed by atoms with E-state index in [0.717, 1.165) is 88.2 Å². The van der Waals surface area contributed by atoms with E-state index in [1.165, 1.54) is 61.2 Å². The van der Waals surface area contributed by atoms with Crippen molar-refractivity contribution in [2.24, 2.45) is 46.3 Å². The van der Waals surface area contributed by atoms with E-state index in [9.17, 15) is 35.8 Å². The minimum Gasteiger partial charge on any atom is -0.393 e.